The van der Waals surface area contributed by atoms with E-state index in [-0.39, 0.29) is 11.1 Å². The molecule has 2 aromatic carbocycles. The largest absolute Gasteiger partial charge is 0.469 e. The molecule has 1 saturated carbocycles. The molecule has 0 spiro atoms. The molecule has 0 N–H and O–H groups in total. The zero-order valence-electron chi connectivity index (χ0n) is 18.2. The predicted molar refractivity (Wildman–Crippen MR) is 112 cm³/mol. The number of benzene rings is 2. The molecule has 1 aliphatic carbocycles. The third-order valence-electron chi connectivity index (χ3n) is 5.94. The Morgan fingerprint density at radius 1 is 0.562 bits per heavy atom. The van der Waals surface area contributed by atoms with Crippen LogP contribution in [0.2, 0.25) is 0 Å². The standard InChI is InChI=1S/C24H24O8/c1-29-21(25)15-11-7-5-9-13(15)17-18(14-10-6-8-12-16(14)22(26)30-2)20(24(28)32-4)19(17)23(27)31-3/h5-12,17-20H,1-4H3/t17-,18+,19+,20-. The minimum absolute atomic E-state index is 0.262. The highest BCUT2D eigenvalue weighted by molar-refractivity contribution is 5.95. The summed E-state index contributed by atoms with van der Waals surface area (Å²) in [7, 11) is 4.99. The van der Waals surface area contributed by atoms with Crippen LogP contribution < -0.4 is 0 Å². The number of ether oxygens (including phenoxy) is 4. The fourth-order valence-electron chi connectivity index (χ4n) is 4.55. The summed E-state index contributed by atoms with van der Waals surface area (Å²) in [6, 6.07) is 13.4. The summed E-state index contributed by atoms with van der Waals surface area (Å²) >= 11 is 0. The van der Waals surface area contributed by atoms with Crippen LogP contribution in [0.3, 0.4) is 0 Å². The summed E-state index contributed by atoms with van der Waals surface area (Å²) in [4.78, 5) is 50.5. The van der Waals surface area contributed by atoms with Crippen molar-refractivity contribution >= 4 is 23.9 Å². The van der Waals surface area contributed by atoms with E-state index in [0.29, 0.717) is 11.1 Å². The second-order valence-corrected chi connectivity index (χ2v) is 7.31. The molecule has 0 saturated heterocycles. The summed E-state index contributed by atoms with van der Waals surface area (Å²) in [6.07, 6.45) is 0. The van der Waals surface area contributed by atoms with Gasteiger partial charge in [0.05, 0.1) is 51.4 Å². The first-order valence-corrected chi connectivity index (χ1v) is 9.91. The van der Waals surface area contributed by atoms with Crippen LogP contribution in [-0.2, 0) is 28.5 Å². The number of methoxy groups -OCH3 is 4. The van der Waals surface area contributed by atoms with Gasteiger partial charge in [-0.15, -0.1) is 0 Å². The van der Waals surface area contributed by atoms with Crippen molar-refractivity contribution < 1.29 is 38.1 Å². The molecule has 1 fully saturated rings. The molecule has 1 aliphatic rings. The van der Waals surface area contributed by atoms with Gasteiger partial charge in [-0.2, -0.15) is 0 Å². The van der Waals surface area contributed by atoms with Crippen molar-refractivity contribution in [2.45, 2.75) is 11.8 Å². The van der Waals surface area contributed by atoms with Gasteiger partial charge in [-0.1, -0.05) is 36.4 Å². The molecule has 0 heterocycles. The maximum Gasteiger partial charge on any atom is 0.338 e. The number of esters is 4. The first-order chi connectivity index (χ1) is 15.4. The minimum Gasteiger partial charge on any atom is -0.469 e. The second-order valence-electron chi connectivity index (χ2n) is 7.31. The van der Waals surface area contributed by atoms with Gasteiger partial charge in [0.1, 0.15) is 0 Å². The van der Waals surface area contributed by atoms with Gasteiger partial charge in [0, 0.05) is 11.8 Å². The molecule has 2 aromatic rings. The molecule has 8 nitrogen and oxygen atoms in total. The number of hydrogen-bond donors (Lipinski definition) is 0. The molecule has 3 rings (SSSR count). The van der Waals surface area contributed by atoms with Crippen LogP contribution in [-0.4, -0.2) is 52.3 Å². The van der Waals surface area contributed by atoms with Gasteiger partial charge in [-0.3, -0.25) is 9.59 Å². The van der Waals surface area contributed by atoms with E-state index in [1.165, 1.54) is 28.4 Å². The fraction of sp³-hybridized carbons (Fsp3) is 0.333. The van der Waals surface area contributed by atoms with Gasteiger partial charge in [0.15, 0.2) is 0 Å². The van der Waals surface area contributed by atoms with Gasteiger partial charge in [0.2, 0.25) is 0 Å². The molecule has 4 atom stereocenters. The van der Waals surface area contributed by atoms with E-state index in [2.05, 4.69) is 0 Å². The maximum absolute atomic E-state index is 12.8. The van der Waals surface area contributed by atoms with Crippen molar-refractivity contribution in [2.24, 2.45) is 11.8 Å². The Hall–Kier alpha value is -3.68. The number of carbonyl (C=O) groups is 4. The van der Waals surface area contributed by atoms with Crippen molar-refractivity contribution in [2.75, 3.05) is 28.4 Å². The number of hydrogen-bond acceptors (Lipinski definition) is 8. The zero-order chi connectivity index (χ0) is 23.4. The van der Waals surface area contributed by atoms with Crippen LogP contribution in [0.25, 0.3) is 0 Å². The van der Waals surface area contributed by atoms with Crippen LogP contribution >= 0.6 is 0 Å². The third-order valence-corrected chi connectivity index (χ3v) is 5.94. The van der Waals surface area contributed by atoms with E-state index in [1.54, 1.807) is 48.5 Å². The van der Waals surface area contributed by atoms with Crippen LogP contribution in [0.15, 0.2) is 48.5 Å². The quantitative estimate of drug-likeness (QED) is 0.499. The average molecular weight is 440 g/mol. The van der Waals surface area contributed by atoms with Gasteiger partial charge >= 0.3 is 23.9 Å². The Bertz CT molecular complexity index is 960. The Morgan fingerprint density at radius 3 is 1.22 bits per heavy atom. The SMILES string of the molecule is COC(=O)c1ccccc1[C@@H]1[C@@H](C(=O)OC)[C@@H](C(=O)OC)[C@@H]1c1ccccc1C(=O)OC. The van der Waals surface area contributed by atoms with Crippen molar-refractivity contribution in [3.8, 4) is 0 Å². The van der Waals surface area contributed by atoms with E-state index in [4.69, 9.17) is 18.9 Å². The van der Waals surface area contributed by atoms with Crippen molar-refractivity contribution in [3.05, 3.63) is 70.8 Å². The van der Waals surface area contributed by atoms with E-state index in [9.17, 15) is 19.2 Å². The van der Waals surface area contributed by atoms with Crippen LogP contribution in [0, 0.1) is 11.8 Å². The Balaban J connectivity index is 2.25. The molecule has 168 valence electrons. The van der Waals surface area contributed by atoms with E-state index in [1.807, 2.05) is 0 Å². The lowest BCUT2D eigenvalue weighted by Crippen LogP contribution is -2.52. The summed E-state index contributed by atoms with van der Waals surface area (Å²) < 4.78 is 19.8. The number of rotatable bonds is 6. The van der Waals surface area contributed by atoms with Gasteiger partial charge in [0.25, 0.3) is 0 Å². The normalized spacial score (nSPS) is 21.6. The summed E-state index contributed by atoms with van der Waals surface area (Å²) in [5.41, 5.74) is 1.55. The van der Waals surface area contributed by atoms with Crippen LogP contribution in [0.1, 0.15) is 43.7 Å². The lowest BCUT2D eigenvalue weighted by Gasteiger charge is -2.50. The van der Waals surface area contributed by atoms with Crippen LogP contribution in [0.4, 0.5) is 0 Å². The van der Waals surface area contributed by atoms with Crippen molar-refractivity contribution in [3.63, 3.8) is 0 Å². The lowest BCUT2D eigenvalue weighted by atomic mass is 9.51. The molecule has 32 heavy (non-hydrogen) atoms. The first-order valence-electron chi connectivity index (χ1n) is 9.91. The van der Waals surface area contributed by atoms with E-state index in [0.717, 1.165) is 0 Å². The lowest BCUT2D eigenvalue weighted by molar-refractivity contribution is -0.168. The summed E-state index contributed by atoms with van der Waals surface area (Å²) in [6.45, 7) is 0. The summed E-state index contributed by atoms with van der Waals surface area (Å²) in [5.74, 6) is -5.52. The minimum atomic E-state index is -0.922. The second kappa shape index (κ2) is 9.64. The molecule has 0 radical (unpaired) electrons. The maximum atomic E-state index is 12.8. The molecule has 0 aromatic heterocycles. The molecule has 0 aliphatic heterocycles. The Morgan fingerprint density at radius 2 is 0.906 bits per heavy atom. The zero-order valence-corrected chi connectivity index (χ0v) is 18.2. The highest BCUT2D eigenvalue weighted by atomic mass is 16.5. The topological polar surface area (TPSA) is 105 Å². The predicted octanol–water partition coefficient (Wildman–Crippen LogP) is 2.72. The highest BCUT2D eigenvalue weighted by Crippen LogP contribution is 2.59. The average Bonchev–Trinajstić information content (AvgIpc) is 2.82. The highest BCUT2D eigenvalue weighted by Gasteiger charge is 2.60. The Labute approximate surface area is 185 Å². The summed E-state index contributed by atoms with van der Waals surface area (Å²) in [5, 5.41) is 0. The molecule has 0 bridgehead atoms. The van der Waals surface area contributed by atoms with Crippen LogP contribution in [0.5, 0.6) is 0 Å². The first kappa shape index (κ1) is 23.0. The molecule has 0 unspecified atom stereocenters. The van der Waals surface area contributed by atoms with Crippen molar-refractivity contribution in [1.29, 1.82) is 0 Å². The fourth-order valence-corrected chi connectivity index (χ4v) is 4.55. The molecule has 8 heteroatoms. The monoisotopic (exact) mass is 440 g/mol. The van der Waals surface area contributed by atoms with Gasteiger partial charge < -0.3 is 18.9 Å². The van der Waals surface area contributed by atoms with Gasteiger partial charge in [-0.25, -0.2) is 9.59 Å². The van der Waals surface area contributed by atoms with E-state index < -0.39 is 47.5 Å². The molecular weight excluding hydrogens is 416 g/mol. The van der Waals surface area contributed by atoms with E-state index >= 15 is 0 Å². The third kappa shape index (κ3) is 3.84. The van der Waals surface area contributed by atoms with Crippen molar-refractivity contribution in [1.82, 2.24) is 0 Å². The smallest absolute Gasteiger partial charge is 0.338 e. The number of carbonyl (C=O) groups excluding carboxylic acids is 4. The Kier molecular flexibility index (Phi) is 6.92. The molecule has 0 amide bonds. The molecular formula is C24H24O8. The van der Waals surface area contributed by atoms with Gasteiger partial charge in [-0.05, 0) is 23.3 Å².